The molecule has 0 aliphatic rings. The highest BCUT2D eigenvalue weighted by molar-refractivity contribution is 6.08. The summed E-state index contributed by atoms with van der Waals surface area (Å²) in [6.45, 7) is 2.43. The number of benzene rings is 2. The van der Waals surface area contributed by atoms with Crippen LogP contribution in [0.4, 0.5) is 17.1 Å². The van der Waals surface area contributed by atoms with E-state index in [1.54, 1.807) is 11.0 Å². The third-order valence-corrected chi connectivity index (χ3v) is 4.51. The van der Waals surface area contributed by atoms with Crippen LogP contribution in [0.15, 0.2) is 72.9 Å². The zero-order chi connectivity index (χ0) is 20.8. The molecule has 0 bridgehead atoms. The van der Waals surface area contributed by atoms with E-state index in [0.717, 1.165) is 11.4 Å². The molecule has 0 aliphatic carbocycles. The molecule has 1 aromatic heterocycles. The lowest BCUT2D eigenvalue weighted by Crippen LogP contribution is -2.30. The van der Waals surface area contributed by atoms with Gasteiger partial charge in [0, 0.05) is 49.5 Å². The van der Waals surface area contributed by atoms with Gasteiger partial charge in [-0.25, -0.2) is 0 Å². The van der Waals surface area contributed by atoms with Crippen LogP contribution in [0.2, 0.25) is 0 Å². The molecule has 0 aliphatic heterocycles. The summed E-state index contributed by atoms with van der Waals surface area (Å²) in [6, 6.07) is 20.1. The van der Waals surface area contributed by atoms with Crippen LogP contribution in [0.1, 0.15) is 27.8 Å². The van der Waals surface area contributed by atoms with Gasteiger partial charge in [0.2, 0.25) is 0 Å². The summed E-state index contributed by atoms with van der Waals surface area (Å²) in [5.74, 6) is -0.537. The monoisotopic (exact) mass is 388 g/mol. The molecule has 6 heteroatoms. The van der Waals surface area contributed by atoms with Gasteiger partial charge in [0.25, 0.3) is 11.8 Å². The van der Waals surface area contributed by atoms with Gasteiger partial charge in [0.15, 0.2) is 0 Å². The Morgan fingerprint density at radius 1 is 0.931 bits per heavy atom. The predicted molar refractivity (Wildman–Crippen MR) is 117 cm³/mol. The topological polar surface area (TPSA) is 65.5 Å². The Balaban J connectivity index is 1.77. The van der Waals surface area contributed by atoms with Crippen LogP contribution in [0.25, 0.3) is 0 Å². The van der Waals surface area contributed by atoms with Crippen molar-refractivity contribution in [3.05, 3.63) is 84.2 Å². The smallest absolute Gasteiger partial charge is 0.274 e. The van der Waals surface area contributed by atoms with Gasteiger partial charge in [0.05, 0.1) is 0 Å². The molecular weight excluding hydrogens is 364 g/mol. The van der Waals surface area contributed by atoms with E-state index >= 15 is 0 Å². The van der Waals surface area contributed by atoms with E-state index in [1.165, 1.54) is 12.3 Å². The minimum atomic E-state index is -0.361. The van der Waals surface area contributed by atoms with E-state index in [0.29, 0.717) is 17.8 Å². The minimum absolute atomic E-state index is 0.175. The molecule has 0 unspecified atom stereocenters. The second kappa shape index (κ2) is 9.01. The van der Waals surface area contributed by atoms with Gasteiger partial charge >= 0.3 is 0 Å². The van der Waals surface area contributed by atoms with Crippen molar-refractivity contribution in [3.63, 3.8) is 0 Å². The molecule has 0 radical (unpaired) electrons. The Labute approximate surface area is 170 Å². The molecule has 0 atom stereocenters. The number of hydrogen-bond acceptors (Lipinski definition) is 4. The third-order valence-electron chi connectivity index (χ3n) is 4.51. The Hall–Kier alpha value is -3.67. The second-order valence-corrected chi connectivity index (χ2v) is 6.71. The Morgan fingerprint density at radius 3 is 2.24 bits per heavy atom. The molecule has 3 aromatic rings. The number of hydrogen-bond donors (Lipinski definition) is 1. The lowest BCUT2D eigenvalue weighted by atomic mass is 10.1. The first kappa shape index (κ1) is 20.1. The molecule has 0 saturated heterocycles. The average Bonchev–Trinajstić information content (AvgIpc) is 2.75. The van der Waals surface area contributed by atoms with E-state index < -0.39 is 0 Å². The number of carbonyl (C=O) groups excluding carboxylic acids is 2. The molecular formula is C23H24N4O2. The van der Waals surface area contributed by atoms with Crippen LogP contribution >= 0.6 is 0 Å². The van der Waals surface area contributed by atoms with Crippen molar-refractivity contribution in [1.29, 1.82) is 0 Å². The first-order chi connectivity index (χ1) is 14.0. The molecule has 2 amide bonds. The molecule has 0 spiro atoms. The van der Waals surface area contributed by atoms with Gasteiger partial charge in [-0.05, 0) is 55.5 Å². The number of carbonyl (C=O) groups is 2. The Morgan fingerprint density at radius 2 is 1.62 bits per heavy atom. The summed E-state index contributed by atoms with van der Waals surface area (Å²) in [5, 5.41) is 2.82. The van der Waals surface area contributed by atoms with Crippen molar-refractivity contribution in [1.82, 2.24) is 4.98 Å². The fourth-order valence-electron chi connectivity index (χ4n) is 2.93. The number of para-hydroxylation sites is 1. The molecule has 1 heterocycles. The standard InChI is InChI=1S/C23H24N4O2/c1-4-27(20-8-6-5-7-9-20)23(29)17-14-15-24-21(16-17)22(28)25-18-10-12-19(13-11-18)26(2)3/h5-16H,4H2,1-3H3,(H,25,28). The van der Waals surface area contributed by atoms with E-state index in [4.69, 9.17) is 0 Å². The first-order valence-corrected chi connectivity index (χ1v) is 9.41. The second-order valence-electron chi connectivity index (χ2n) is 6.71. The zero-order valence-corrected chi connectivity index (χ0v) is 16.8. The number of amides is 2. The largest absolute Gasteiger partial charge is 0.378 e. The third kappa shape index (κ3) is 4.79. The van der Waals surface area contributed by atoms with Gasteiger partial charge in [-0.2, -0.15) is 0 Å². The number of rotatable bonds is 6. The van der Waals surface area contributed by atoms with Crippen molar-refractivity contribution in [3.8, 4) is 0 Å². The number of anilines is 3. The van der Waals surface area contributed by atoms with Crippen molar-refractivity contribution in [2.45, 2.75) is 6.92 Å². The van der Waals surface area contributed by atoms with Gasteiger partial charge in [-0.3, -0.25) is 14.6 Å². The van der Waals surface area contributed by atoms with E-state index in [2.05, 4.69) is 10.3 Å². The lowest BCUT2D eigenvalue weighted by molar-refractivity contribution is 0.0988. The highest BCUT2D eigenvalue weighted by atomic mass is 16.2. The van der Waals surface area contributed by atoms with Crippen LogP contribution in [-0.4, -0.2) is 37.4 Å². The van der Waals surface area contributed by atoms with Crippen LogP contribution in [0.5, 0.6) is 0 Å². The SMILES string of the molecule is CCN(C(=O)c1ccnc(C(=O)Nc2ccc(N(C)C)cc2)c1)c1ccccc1. The summed E-state index contributed by atoms with van der Waals surface area (Å²) in [4.78, 5) is 33.4. The van der Waals surface area contributed by atoms with Gasteiger partial charge < -0.3 is 15.1 Å². The van der Waals surface area contributed by atoms with Gasteiger partial charge in [-0.15, -0.1) is 0 Å². The summed E-state index contributed by atoms with van der Waals surface area (Å²) < 4.78 is 0. The number of nitrogens with zero attached hydrogens (tertiary/aromatic N) is 3. The molecule has 148 valence electrons. The predicted octanol–water partition coefficient (Wildman–Crippen LogP) is 4.07. The maximum atomic E-state index is 13.0. The highest BCUT2D eigenvalue weighted by Gasteiger charge is 2.18. The molecule has 0 saturated carbocycles. The number of pyridine rings is 1. The Bertz CT molecular complexity index is 985. The summed E-state index contributed by atoms with van der Waals surface area (Å²) in [5.41, 5.74) is 3.12. The quantitative estimate of drug-likeness (QED) is 0.691. The van der Waals surface area contributed by atoms with Crippen LogP contribution in [0.3, 0.4) is 0 Å². The molecule has 0 fully saturated rings. The average molecular weight is 388 g/mol. The molecule has 6 nitrogen and oxygen atoms in total. The highest BCUT2D eigenvalue weighted by Crippen LogP contribution is 2.18. The van der Waals surface area contributed by atoms with Crippen LogP contribution in [0, 0.1) is 0 Å². The number of nitrogens with one attached hydrogen (secondary N) is 1. The lowest BCUT2D eigenvalue weighted by Gasteiger charge is -2.21. The van der Waals surface area contributed by atoms with Crippen molar-refractivity contribution in [2.75, 3.05) is 35.8 Å². The normalized spacial score (nSPS) is 10.3. The van der Waals surface area contributed by atoms with Crippen molar-refractivity contribution < 1.29 is 9.59 Å². The van der Waals surface area contributed by atoms with E-state index in [1.807, 2.05) is 80.5 Å². The molecule has 2 aromatic carbocycles. The summed E-state index contributed by atoms with van der Waals surface area (Å²) in [7, 11) is 3.91. The maximum Gasteiger partial charge on any atom is 0.274 e. The molecule has 3 rings (SSSR count). The number of aromatic nitrogens is 1. The minimum Gasteiger partial charge on any atom is -0.378 e. The van der Waals surface area contributed by atoms with Crippen molar-refractivity contribution >= 4 is 28.9 Å². The van der Waals surface area contributed by atoms with Crippen LogP contribution in [-0.2, 0) is 0 Å². The van der Waals surface area contributed by atoms with Crippen LogP contribution < -0.4 is 15.1 Å². The molecule has 29 heavy (non-hydrogen) atoms. The fourth-order valence-corrected chi connectivity index (χ4v) is 2.93. The molecule has 1 N–H and O–H groups in total. The van der Waals surface area contributed by atoms with Gasteiger partial charge in [-0.1, -0.05) is 18.2 Å². The maximum absolute atomic E-state index is 13.0. The van der Waals surface area contributed by atoms with Gasteiger partial charge in [0.1, 0.15) is 5.69 Å². The van der Waals surface area contributed by atoms with E-state index in [-0.39, 0.29) is 17.5 Å². The first-order valence-electron chi connectivity index (χ1n) is 9.41. The fraction of sp³-hybridized carbons (Fsp3) is 0.174. The summed E-state index contributed by atoms with van der Waals surface area (Å²) in [6.07, 6.45) is 1.48. The van der Waals surface area contributed by atoms with E-state index in [9.17, 15) is 9.59 Å². The van der Waals surface area contributed by atoms with Crippen molar-refractivity contribution in [2.24, 2.45) is 0 Å². The zero-order valence-electron chi connectivity index (χ0n) is 16.8. The Kier molecular flexibility index (Phi) is 6.24. The summed E-state index contributed by atoms with van der Waals surface area (Å²) >= 11 is 0.